The predicted octanol–water partition coefficient (Wildman–Crippen LogP) is 5.17. The van der Waals surface area contributed by atoms with Crippen molar-refractivity contribution in [2.45, 2.75) is 85.0 Å². The lowest BCUT2D eigenvalue weighted by molar-refractivity contribution is 0.112. The lowest BCUT2D eigenvalue weighted by atomic mass is 10.1. The lowest BCUT2D eigenvalue weighted by Gasteiger charge is -2.08. The Morgan fingerprint density at radius 3 is 1.85 bits per heavy atom. The van der Waals surface area contributed by atoms with E-state index < -0.39 is 0 Å². The van der Waals surface area contributed by atoms with E-state index in [0.29, 0.717) is 5.92 Å². The molecule has 0 amide bonds. The second kappa shape index (κ2) is 17.0. The lowest BCUT2D eigenvalue weighted by Crippen LogP contribution is -2.21. The molecule has 1 N–H and O–H groups in total. The van der Waals surface area contributed by atoms with E-state index in [2.05, 4.69) is 26.1 Å². The number of rotatable bonds is 16. The molecular formula is C18H39NO. The topological polar surface area (TPSA) is 21.3 Å². The van der Waals surface area contributed by atoms with Gasteiger partial charge in [0.1, 0.15) is 0 Å². The van der Waals surface area contributed by atoms with E-state index in [0.717, 1.165) is 26.3 Å². The molecule has 0 fully saturated rings. The van der Waals surface area contributed by atoms with Gasteiger partial charge in [0.2, 0.25) is 0 Å². The van der Waals surface area contributed by atoms with Gasteiger partial charge < -0.3 is 10.1 Å². The van der Waals surface area contributed by atoms with Crippen LogP contribution in [0.3, 0.4) is 0 Å². The van der Waals surface area contributed by atoms with Gasteiger partial charge in [-0.15, -0.1) is 0 Å². The van der Waals surface area contributed by atoms with Crippen LogP contribution in [0.15, 0.2) is 0 Å². The van der Waals surface area contributed by atoms with E-state index >= 15 is 0 Å². The zero-order valence-electron chi connectivity index (χ0n) is 14.4. The minimum absolute atomic E-state index is 0.650. The molecule has 0 aromatic heterocycles. The molecule has 0 aliphatic carbocycles. The van der Waals surface area contributed by atoms with E-state index in [1.165, 1.54) is 64.2 Å². The molecule has 0 spiro atoms. The Morgan fingerprint density at radius 2 is 1.30 bits per heavy atom. The van der Waals surface area contributed by atoms with Crippen LogP contribution in [0.4, 0.5) is 0 Å². The van der Waals surface area contributed by atoms with Crippen LogP contribution in [-0.2, 0) is 4.74 Å². The van der Waals surface area contributed by atoms with Crippen molar-refractivity contribution in [3.8, 4) is 0 Å². The van der Waals surface area contributed by atoms with E-state index in [1.807, 2.05) is 0 Å². The molecule has 0 heterocycles. The highest BCUT2D eigenvalue weighted by Gasteiger charge is 1.94. The monoisotopic (exact) mass is 285 g/mol. The van der Waals surface area contributed by atoms with Crippen LogP contribution in [-0.4, -0.2) is 26.3 Å². The van der Waals surface area contributed by atoms with Gasteiger partial charge in [-0.05, 0) is 18.9 Å². The van der Waals surface area contributed by atoms with Gasteiger partial charge in [0.25, 0.3) is 0 Å². The molecule has 2 nitrogen and oxygen atoms in total. The number of nitrogens with one attached hydrogen (secondary N) is 1. The molecule has 0 saturated heterocycles. The molecule has 0 atom stereocenters. The van der Waals surface area contributed by atoms with Gasteiger partial charge in [-0.1, -0.05) is 78.6 Å². The summed E-state index contributed by atoms with van der Waals surface area (Å²) in [4.78, 5) is 0. The van der Waals surface area contributed by atoms with Crippen LogP contribution in [0, 0.1) is 5.92 Å². The first kappa shape index (κ1) is 19.9. The first-order valence-electron chi connectivity index (χ1n) is 9.05. The van der Waals surface area contributed by atoms with Crippen molar-refractivity contribution in [3.05, 3.63) is 0 Å². The maximum Gasteiger partial charge on any atom is 0.0591 e. The smallest absolute Gasteiger partial charge is 0.0591 e. The largest absolute Gasteiger partial charge is 0.380 e. The SMILES string of the molecule is CCCCCCCCCCCCNCCOCC(C)C. The number of unbranched alkanes of at least 4 members (excludes halogenated alkanes) is 9. The summed E-state index contributed by atoms with van der Waals surface area (Å²) in [5, 5.41) is 3.46. The molecule has 0 saturated carbocycles. The van der Waals surface area contributed by atoms with Gasteiger partial charge in [-0.2, -0.15) is 0 Å². The molecule has 20 heavy (non-hydrogen) atoms. The van der Waals surface area contributed by atoms with Gasteiger partial charge in [-0.3, -0.25) is 0 Å². The van der Waals surface area contributed by atoms with E-state index in [-0.39, 0.29) is 0 Å². The van der Waals surface area contributed by atoms with Crippen LogP contribution in [0.2, 0.25) is 0 Å². The van der Waals surface area contributed by atoms with Crippen LogP contribution < -0.4 is 5.32 Å². The van der Waals surface area contributed by atoms with Crippen LogP contribution >= 0.6 is 0 Å². The van der Waals surface area contributed by atoms with Gasteiger partial charge in [0.05, 0.1) is 6.61 Å². The number of hydrogen-bond acceptors (Lipinski definition) is 2. The zero-order valence-corrected chi connectivity index (χ0v) is 14.4. The second-order valence-electron chi connectivity index (χ2n) is 6.40. The highest BCUT2D eigenvalue weighted by atomic mass is 16.5. The Labute approximate surface area is 128 Å². The number of hydrogen-bond donors (Lipinski definition) is 1. The minimum atomic E-state index is 0.650. The molecule has 0 aromatic rings. The van der Waals surface area contributed by atoms with E-state index in [4.69, 9.17) is 4.74 Å². The van der Waals surface area contributed by atoms with Crippen molar-refractivity contribution in [2.24, 2.45) is 5.92 Å². The Kier molecular flexibility index (Phi) is 16.9. The van der Waals surface area contributed by atoms with Crippen molar-refractivity contribution in [3.63, 3.8) is 0 Å². The summed E-state index contributed by atoms with van der Waals surface area (Å²) in [6.45, 7) is 10.6. The summed E-state index contributed by atoms with van der Waals surface area (Å²) in [5.41, 5.74) is 0. The molecule has 0 aliphatic rings. The Bertz CT molecular complexity index is 171. The van der Waals surface area contributed by atoms with Crippen molar-refractivity contribution in [1.82, 2.24) is 5.32 Å². The van der Waals surface area contributed by atoms with Crippen molar-refractivity contribution in [2.75, 3.05) is 26.3 Å². The summed E-state index contributed by atoms with van der Waals surface area (Å²) in [6, 6.07) is 0. The van der Waals surface area contributed by atoms with Crippen LogP contribution in [0.1, 0.15) is 85.0 Å². The first-order chi connectivity index (χ1) is 9.77. The molecule has 0 radical (unpaired) electrons. The van der Waals surface area contributed by atoms with E-state index in [1.54, 1.807) is 0 Å². The molecule has 0 unspecified atom stereocenters. The maximum absolute atomic E-state index is 5.53. The maximum atomic E-state index is 5.53. The van der Waals surface area contributed by atoms with Crippen molar-refractivity contribution >= 4 is 0 Å². The van der Waals surface area contributed by atoms with Gasteiger partial charge in [0.15, 0.2) is 0 Å². The highest BCUT2D eigenvalue weighted by molar-refractivity contribution is 4.51. The molecule has 0 bridgehead atoms. The van der Waals surface area contributed by atoms with Gasteiger partial charge >= 0.3 is 0 Å². The minimum Gasteiger partial charge on any atom is -0.380 e. The third kappa shape index (κ3) is 17.9. The van der Waals surface area contributed by atoms with Crippen LogP contribution in [0.25, 0.3) is 0 Å². The second-order valence-corrected chi connectivity index (χ2v) is 6.40. The fourth-order valence-corrected chi connectivity index (χ4v) is 2.33. The van der Waals surface area contributed by atoms with Gasteiger partial charge in [-0.25, -0.2) is 0 Å². The number of ether oxygens (including phenoxy) is 1. The summed E-state index contributed by atoms with van der Waals surface area (Å²) in [5.74, 6) is 0.650. The fraction of sp³-hybridized carbons (Fsp3) is 1.00. The molecule has 0 aromatic carbocycles. The first-order valence-corrected chi connectivity index (χ1v) is 9.05. The normalized spacial score (nSPS) is 11.4. The predicted molar refractivity (Wildman–Crippen MR) is 90.4 cm³/mol. The fourth-order valence-electron chi connectivity index (χ4n) is 2.33. The summed E-state index contributed by atoms with van der Waals surface area (Å²) in [6.07, 6.45) is 14.1. The molecule has 0 rings (SSSR count). The molecule has 2 heteroatoms. The molecule has 0 aliphatic heterocycles. The zero-order chi connectivity index (χ0) is 14.9. The van der Waals surface area contributed by atoms with Gasteiger partial charge in [0, 0.05) is 13.2 Å². The average Bonchev–Trinajstić information content (AvgIpc) is 2.43. The van der Waals surface area contributed by atoms with Crippen LogP contribution in [0.5, 0.6) is 0 Å². The Morgan fingerprint density at radius 1 is 0.750 bits per heavy atom. The summed E-state index contributed by atoms with van der Waals surface area (Å²) >= 11 is 0. The highest BCUT2D eigenvalue weighted by Crippen LogP contribution is 2.10. The van der Waals surface area contributed by atoms with Crippen molar-refractivity contribution < 1.29 is 4.74 Å². The van der Waals surface area contributed by atoms with E-state index in [9.17, 15) is 0 Å². The summed E-state index contributed by atoms with van der Waals surface area (Å²) < 4.78 is 5.53. The molecule has 122 valence electrons. The molecular weight excluding hydrogens is 246 g/mol. The third-order valence-electron chi connectivity index (χ3n) is 3.58. The quantitative estimate of drug-likeness (QED) is 0.395. The Balaban J connectivity index is 2.92. The Hall–Kier alpha value is -0.0800. The average molecular weight is 286 g/mol. The van der Waals surface area contributed by atoms with Crippen molar-refractivity contribution in [1.29, 1.82) is 0 Å². The third-order valence-corrected chi connectivity index (χ3v) is 3.58. The summed E-state index contributed by atoms with van der Waals surface area (Å²) in [7, 11) is 0. The standard InChI is InChI=1S/C18H39NO/c1-4-5-6-7-8-9-10-11-12-13-14-19-15-16-20-17-18(2)3/h18-19H,4-17H2,1-3H3.